The van der Waals surface area contributed by atoms with Crippen molar-refractivity contribution in [3.8, 4) is 0 Å². The van der Waals surface area contributed by atoms with E-state index in [4.69, 9.17) is 0 Å². The Morgan fingerprint density at radius 1 is 1.22 bits per heavy atom. The largest absolute Gasteiger partial charge is 0.317 e. The lowest BCUT2D eigenvalue weighted by molar-refractivity contribution is 0.472. The number of aromatic nitrogens is 3. The van der Waals surface area contributed by atoms with Gasteiger partial charge < -0.3 is 5.32 Å². The van der Waals surface area contributed by atoms with E-state index in [0.29, 0.717) is 5.92 Å². The first-order chi connectivity index (χ1) is 8.72. The quantitative estimate of drug-likeness (QED) is 0.651. The summed E-state index contributed by atoms with van der Waals surface area (Å²) in [5.74, 6) is 0.630. The fourth-order valence-electron chi connectivity index (χ4n) is 2.00. The maximum atomic E-state index is 4.22. The molecule has 0 aliphatic heterocycles. The topological polar surface area (TPSA) is 42.7 Å². The average Bonchev–Trinajstić information content (AvgIpc) is 2.75. The molecule has 0 aliphatic rings. The summed E-state index contributed by atoms with van der Waals surface area (Å²) in [6.07, 6.45) is 8.29. The van der Waals surface area contributed by atoms with Gasteiger partial charge in [0.15, 0.2) is 0 Å². The van der Waals surface area contributed by atoms with E-state index < -0.39 is 0 Å². The SMILES string of the molecule is CCNCCCCCCc1cn(CC(C)C)nn1. The highest BCUT2D eigenvalue weighted by Crippen LogP contribution is 2.06. The molecule has 0 saturated heterocycles. The first-order valence-corrected chi connectivity index (χ1v) is 7.32. The summed E-state index contributed by atoms with van der Waals surface area (Å²) >= 11 is 0. The predicted octanol–water partition coefficient (Wildman–Crippen LogP) is 2.65. The van der Waals surface area contributed by atoms with Gasteiger partial charge in [0.25, 0.3) is 0 Å². The lowest BCUT2D eigenvalue weighted by Gasteiger charge is -2.02. The molecular weight excluding hydrogens is 224 g/mol. The van der Waals surface area contributed by atoms with Crippen LogP contribution in [0.3, 0.4) is 0 Å². The first-order valence-electron chi connectivity index (χ1n) is 7.32. The van der Waals surface area contributed by atoms with E-state index in [2.05, 4.69) is 42.6 Å². The van der Waals surface area contributed by atoms with E-state index in [9.17, 15) is 0 Å². The molecule has 18 heavy (non-hydrogen) atoms. The van der Waals surface area contributed by atoms with Crippen molar-refractivity contribution in [1.29, 1.82) is 0 Å². The van der Waals surface area contributed by atoms with Crippen LogP contribution in [0, 0.1) is 5.92 Å². The summed E-state index contributed by atoms with van der Waals surface area (Å²) in [5, 5.41) is 11.7. The van der Waals surface area contributed by atoms with Crippen LogP contribution in [0.1, 0.15) is 52.1 Å². The van der Waals surface area contributed by atoms with Gasteiger partial charge >= 0.3 is 0 Å². The van der Waals surface area contributed by atoms with Crippen molar-refractivity contribution < 1.29 is 0 Å². The van der Waals surface area contributed by atoms with Crippen molar-refractivity contribution >= 4 is 0 Å². The second-order valence-electron chi connectivity index (χ2n) is 5.34. The van der Waals surface area contributed by atoms with Crippen LogP contribution < -0.4 is 5.32 Å². The first kappa shape index (κ1) is 15.2. The van der Waals surface area contributed by atoms with Crippen LogP contribution >= 0.6 is 0 Å². The molecule has 0 aromatic carbocycles. The van der Waals surface area contributed by atoms with Gasteiger partial charge in [0.05, 0.1) is 5.69 Å². The third-order valence-electron chi connectivity index (χ3n) is 2.92. The van der Waals surface area contributed by atoms with E-state index in [0.717, 1.165) is 31.7 Å². The van der Waals surface area contributed by atoms with E-state index in [1.807, 2.05) is 4.68 Å². The highest BCUT2D eigenvalue weighted by molar-refractivity contribution is 4.92. The van der Waals surface area contributed by atoms with Gasteiger partial charge in [-0.3, -0.25) is 4.68 Å². The number of aryl methyl sites for hydroxylation is 1. The van der Waals surface area contributed by atoms with Crippen LogP contribution in [0.15, 0.2) is 6.20 Å². The van der Waals surface area contributed by atoms with Crippen LogP contribution in [0.2, 0.25) is 0 Å². The normalized spacial score (nSPS) is 11.3. The highest BCUT2D eigenvalue weighted by atomic mass is 15.4. The average molecular weight is 252 g/mol. The molecule has 1 N–H and O–H groups in total. The van der Waals surface area contributed by atoms with E-state index in [-0.39, 0.29) is 0 Å². The Hall–Kier alpha value is -0.900. The fraction of sp³-hybridized carbons (Fsp3) is 0.857. The smallest absolute Gasteiger partial charge is 0.0827 e. The van der Waals surface area contributed by atoms with E-state index in [1.54, 1.807) is 0 Å². The van der Waals surface area contributed by atoms with Crippen LogP contribution in [-0.4, -0.2) is 28.1 Å². The van der Waals surface area contributed by atoms with Gasteiger partial charge in [0.2, 0.25) is 0 Å². The molecule has 0 unspecified atom stereocenters. The van der Waals surface area contributed by atoms with Crippen molar-refractivity contribution in [2.75, 3.05) is 13.1 Å². The number of rotatable bonds is 10. The van der Waals surface area contributed by atoms with Crippen LogP contribution in [0.25, 0.3) is 0 Å². The zero-order valence-electron chi connectivity index (χ0n) is 12.2. The molecule has 1 aromatic heterocycles. The summed E-state index contributed by atoms with van der Waals surface area (Å²) in [6, 6.07) is 0. The lowest BCUT2D eigenvalue weighted by Crippen LogP contribution is -2.13. The van der Waals surface area contributed by atoms with Gasteiger partial charge in [-0.25, -0.2) is 0 Å². The summed E-state index contributed by atoms with van der Waals surface area (Å²) < 4.78 is 1.96. The van der Waals surface area contributed by atoms with E-state index >= 15 is 0 Å². The highest BCUT2D eigenvalue weighted by Gasteiger charge is 2.02. The third-order valence-corrected chi connectivity index (χ3v) is 2.92. The lowest BCUT2D eigenvalue weighted by atomic mass is 10.1. The monoisotopic (exact) mass is 252 g/mol. The Labute approximate surface area is 111 Å². The molecule has 0 aliphatic carbocycles. The van der Waals surface area contributed by atoms with Crippen molar-refractivity contribution in [3.05, 3.63) is 11.9 Å². The van der Waals surface area contributed by atoms with Crippen LogP contribution in [-0.2, 0) is 13.0 Å². The molecule has 4 nitrogen and oxygen atoms in total. The van der Waals surface area contributed by atoms with Gasteiger partial charge in [0, 0.05) is 12.7 Å². The Morgan fingerprint density at radius 3 is 2.72 bits per heavy atom. The number of hydrogen-bond donors (Lipinski definition) is 1. The second kappa shape index (κ2) is 9.09. The molecule has 1 heterocycles. The van der Waals surface area contributed by atoms with Crippen molar-refractivity contribution in [2.24, 2.45) is 5.92 Å². The number of unbranched alkanes of at least 4 members (excludes halogenated alkanes) is 3. The molecule has 0 spiro atoms. The molecule has 104 valence electrons. The van der Waals surface area contributed by atoms with Gasteiger partial charge in [-0.1, -0.05) is 38.8 Å². The number of hydrogen-bond acceptors (Lipinski definition) is 3. The molecule has 4 heteroatoms. The standard InChI is InChI=1S/C14H28N4/c1-4-15-10-8-6-5-7-9-14-12-18(17-16-14)11-13(2)3/h12-13,15H,4-11H2,1-3H3. The molecule has 0 amide bonds. The second-order valence-corrected chi connectivity index (χ2v) is 5.34. The summed E-state index contributed by atoms with van der Waals surface area (Å²) in [4.78, 5) is 0. The molecule has 0 saturated carbocycles. The molecule has 0 bridgehead atoms. The molecule has 0 fully saturated rings. The van der Waals surface area contributed by atoms with Crippen molar-refractivity contribution in [1.82, 2.24) is 20.3 Å². The zero-order valence-corrected chi connectivity index (χ0v) is 12.2. The Kier molecular flexibility index (Phi) is 7.65. The Balaban J connectivity index is 2.06. The third kappa shape index (κ3) is 6.74. The summed E-state index contributed by atoms with van der Waals surface area (Å²) in [7, 11) is 0. The zero-order chi connectivity index (χ0) is 13.2. The van der Waals surface area contributed by atoms with Gasteiger partial charge in [0.1, 0.15) is 0 Å². The Bertz CT molecular complexity index is 306. The molecule has 0 atom stereocenters. The molecule has 1 rings (SSSR count). The van der Waals surface area contributed by atoms with Crippen molar-refractivity contribution in [2.45, 2.75) is 59.4 Å². The van der Waals surface area contributed by atoms with Gasteiger partial charge in [-0.2, -0.15) is 0 Å². The van der Waals surface area contributed by atoms with Crippen LogP contribution in [0.4, 0.5) is 0 Å². The van der Waals surface area contributed by atoms with E-state index in [1.165, 1.54) is 25.7 Å². The number of nitrogens with one attached hydrogen (secondary N) is 1. The molecular formula is C14H28N4. The maximum Gasteiger partial charge on any atom is 0.0827 e. The maximum absolute atomic E-state index is 4.22. The minimum absolute atomic E-state index is 0.630. The minimum atomic E-state index is 0.630. The fourth-order valence-corrected chi connectivity index (χ4v) is 2.00. The molecule has 1 aromatic rings. The van der Waals surface area contributed by atoms with Crippen LogP contribution in [0.5, 0.6) is 0 Å². The summed E-state index contributed by atoms with van der Waals surface area (Å²) in [5.41, 5.74) is 1.14. The Morgan fingerprint density at radius 2 is 2.00 bits per heavy atom. The molecule has 0 radical (unpaired) electrons. The minimum Gasteiger partial charge on any atom is -0.317 e. The summed E-state index contributed by atoms with van der Waals surface area (Å²) in [6.45, 7) is 9.76. The van der Waals surface area contributed by atoms with Gasteiger partial charge in [-0.05, 0) is 38.3 Å². The van der Waals surface area contributed by atoms with Crippen molar-refractivity contribution in [3.63, 3.8) is 0 Å². The van der Waals surface area contributed by atoms with Gasteiger partial charge in [-0.15, -0.1) is 5.10 Å². The number of nitrogens with zero attached hydrogens (tertiary/aromatic N) is 3. The predicted molar refractivity (Wildman–Crippen MR) is 75.6 cm³/mol.